The smallest absolute Gasteiger partial charge is 0.289 e. The van der Waals surface area contributed by atoms with Crippen LogP contribution in [0.5, 0.6) is 0 Å². The predicted octanol–water partition coefficient (Wildman–Crippen LogP) is 2.62. The third-order valence-corrected chi connectivity index (χ3v) is 7.92. The molecule has 5 heterocycles. The van der Waals surface area contributed by atoms with Gasteiger partial charge in [-0.25, -0.2) is 0 Å². The molecule has 4 aliphatic rings. The van der Waals surface area contributed by atoms with Crippen LogP contribution in [0.3, 0.4) is 0 Å². The zero-order chi connectivity index (χ0) is 21.2. The number of rotatable bonds is 5. The Kier molecular flexibility index (Phi) is 6.32. The number of hydrogen-bond acceptors (Lipinski definition) is 5. The average Bonchev–Trinajstić information content (AvgIpc) is 3.35. The molecular formula is C24H35N3O4. The van der Waals surface area contributed by atoms with Gasteiger partial charge >= 0.3 is 0 Å². The number of carbonyl (C=O) groups excluding carboxylic acids is 2. The van der Waals surface area contributed by atoms with Gasteiger partial charge in [-0.3, -0.25) is 14.5 Å². The standard InChI is InChI=1S/C24H35N3O4/c28-22(25-12-15-30-16-13-25)9-1-7-20-19-6-3-11-26-10-2-5-18(23(19)26)17-27(20)24(29)21-8-4-14-31-21/h4,8,14,18-20,23H,1-3,5-7,9-13,15-17H2/t18-,19+,20+,23-/m0/s1. The van der Waals surface area contributed by atoms with E-state index < -0.39 is 0 Å². The quantitative estimate of drug-likeness (QED) is 0.720. The van der Waals surface area contributed by atoms with Crippen LogP contribution in [0.1, 0.15) is 55.5 Å². The largest absolute Gasteiger partial charge is 0.459 e. The fraction of sp³-hybridized carbons (Fsp3) is 0.750. The summed E-state index contributed by atoms with van der Waals surface area (Å²) in [6, 6.07) is 4.36. The molecule has 2 amide bonds. The molecule has 170 valence electrons. The first-order valence-electron chi connectivity index (χ1n) is 12.2. The lowest BCUT2D eigenvalue weighted by atomic mass is 9.69. The van der Waals surface area contributed by atoms with E-state index in [0.29, 0.717) is 56.4 Å². The second kappa shape index (κ2) is 9.33. The number of hydrogen-bond donors (Lipinski definition) is 0. The first-order chi connectivity index (χ1) is 15.2. The maximum atomic E-state index is 13.4. The number of likely N-dealkylation sites (tertiary alicyclic amines) is 1. The highest BCUT2D eigenvalue weighted by Gasteiger charge is 2.49. The van der Waals surface area contributed by atoms with Crippen molar-refractivity contribution in [3.8, 4) is 0 Å². The molecular weight excluding hydrogens is 394 g/mol. The summed E-state index contributed by atoms with van der Waals surface area (Å²) >= 11 is 0. The van der Waals surface area contributed by atoms with E-state index in [4.69, 9.17) is 9.15 Å². The fourth-order valence-electron chi connectivity index (χ4n) is 6.57. The van der Waals surface area contributed by atoms with Crippen LogP contribution in [-0.4, -0.2) is 84.5 Å². The van der Waals surface area contributed by atoms with Crippen LogP contribution in [0.25, 0.3) is 0 Å². The lowest BCUT2D eigenvalue weighted by Gasteiger charge is -2.57. The topological polar surface area (TPSA) is 66.2 Å². The highest BCUT2D eigenvalue weighted by molar-refractivity contribution is 5.91. The van der Waals surface area contributed by atoms with Crippen molar-refractivity contribution < 1.29 is 18.7 Å². The van der Waals surface area contributed by atoms with Gasteiger partial charge in [0.25, 0.3) is 5.91 Å². The number of furan rings is 1. The van der Waals surface area contributed by atoms with Crippen LogP contribution in [0, 0.1) is 11.8 Å². The van der Waals surface area contributed by atoms with Gasteiger partial charge in [0.05, 0.1) is 19.5 Å². The van der Waals surface area contributed by atoms with Crippen molar-refractivity contribution in [2.24, 2.45) is 11.8 Å². The van der Waals surface area contributed by atoms with Crippen molar-refractivity contribution in [2.45, 2.75) is 57.0 Å². The number of morpholine rings is 1. The van der Waals surface area contributed by atoms with Crippen molar-refractivity contribution in [3.63, 3.8) is 0 Å². The van der Waals surface area contributed by atoms with Gasteiger partial charge in [0.1, 0.15) is 0 Å². The summed E-state index contributed by atoms with van der Waals surface area (Å²) in [6.07, 6.45) is 8.70. The average molecular weight is 430 g/mol. The molecule has 4 aliphatic heterocycles. The van der Waals surface area contributed by atoms with Gasteiger partial charge in [-0.05, 0) is 75.6 Å². The van der Waals surface area contributed by atoms with Crippen molar-refractivity contribution in [3.05, 3.63) is 24.2 Å². The van der Waals surface area contributed by atoms with E-state index in [1.165, 1.54) is 38.8 Å². The maximum absolute atomic E-state index is 13.4. The Balaban J connectivity index is 1.31. The summed E-state index contributed by atoms with van der Waals surface area (Å²) < 4.78 is 10.9. The first-order valence-corrected chi connectivity index (χ1v) is 12.2. The van der Waals surface area contributed by atoms with E-state index in [9.17, 15) is 9.59 Å². The van der Waals surface area contributed by atoms with Gasteiger partial charge in [0, 0.05) is 38.1 Å². The number of nitrogens with zero attached hydrogens (tertiary/aromatic N) is 3. The molecule has 7 heteroatoms. The highest BCUT2D eigenvalue weighted by Crippen LogP contribution is 2.43. The molecule has 0 spiro atoms. The van der Waals surface area contributed by atoms with Gasteiger partial charge in [-0.1, -0.05) is 0 Å². The Bertz CT molecular complexity index is 759. The van der Waals surface area contributed by atoms with Gasteiger partial charge in [-0.15, -0.1) is 0 Å². The Morgan fingerprint density at radius 1 is 1.06 bits per heavy atom. The van der Waals surface area contributed by atoms with Gasteiger partial charge < -0.3 is 19.0 Å². The van der Waals surface area contributed by atoms with Gasteiger partial charge in [-0.2, -0.15) is 0 Å². The second-order valence-corrected chi connectivity index (χ2v) is 9.62. The van der Waals surface area contributed by atoms with Crippen LogP contribution < -0.4 is 0 Å². The Morgan fingerprint density at radius 3 is 2.65 bits per heavy atom. The molecule has 4 saturated heterocycles. The summed E-state index contributed by atoms with van der Waals surface area (Å²) in [6.45, 7) is 5.90. The van der Waals surface area contributed by atoms with E-state index in [-0.39, 0.29) is 17.9 Å². The Labute approximate surface area is 184 Å². The molecule has 1 aromatic rings. The third kappa shape index (κ3) is 4.27. The van der Waals surface area contributed by atoms with Crippen molar-refractivity contribution in [2.75, 3.05) is 45.9 Å². The minimum Gasteiger partial charge on any atom is -0.459 e. The minimum absolute atomic E-state index is 0.0238. The molecule has 0 unspecified atom stereocenters. The summed E-state index contributed by atoms with van der Waals surface area (Å²) in [5.74, 6) is 1.75. The van der Waals surface area contributed by atoms with E-state index in [1.807, 2.05) is 4.90 Å². The van der Waals surface area contributed by atoms with E-state index in [1.54, 1.807) is 18.4 Å². The fourth-order valence-corrected chi connectivity index (χ4v) is 6.57. The number of amides is 2. The van der Waals surface area contributed by atoms with Crippen molar-refractivity contribution in [1.82, 2.24) is 14.7 Å². The van der Waals surface area contributed by atoms with Crippen LogP contribution in [0.4, 0.5) is 0 Å². The molecule has 4 fully saturated rings. The third-order valence-electron chi connectivity index (χ3n) is 7.92. The van der Waals surface area contributed by atoms with Gasteiger partial charge in [0.15, 0.2) is 5.76 Å². The zero-order valence-electron chi connectivity index (χ0n) is 18.4. The van der Waals surface area contributed by atoms with Crippen LogP contribution in [-0.2, 0) is 9.53 Å². The summed E-state index contributed by atoms with van der Waals surface area (Å²) in [5.41, 5.74) is 0. The lowest BCUT2D eigenvalue weighted by molar-refractivity contribution is -0.135. The van der Waals surface area contributed by atoms with Crippen molar-refractivity contribution in [1.29, 1.82) is 0 Å². The number of carbonyl (C=O) groups is 2. The van der Waals surface area contributed by atoms with Crippen molar-refractivity contribution >= 4 is 11.8 Å². The highest BCUT2D eigenvalue weighted by atomic mass is 16.5. The van der Waals surface area contributed by atoms with Crippen LogP contribution in [0.2, 0.25) is 0 Å². The second-order valence-electron chi connectivity index (χ2n) is 9.62. The Hall–Kier alpha value is -1.86. The van der Waals surface area contributed by atoms with Gasteiger partial charge in [0.2, 0.25) is 5.91 Å². The number of ether oxygens (including phenoxy) is 1. The minimum atomic E-state index is 0.0238. The Morgan fingerprint density at radius 2 is 1.87 bits per heavy atom. The molecule has 7 nitrogen and oxygen atoms in total. The summed E-state index contributed by atoms with van der Waals surface area (Å²) in [7, 11) is 0. The molecule has 0 N–H and O–H groups in total. The molecule has 31 heavy (non-hydrogen) atoms. The predicted molar refractivity (Wildman–Crippen MR) is 116 cm³/mol. The molecule has 1 aromatic heterocycles. The molecule has 5 rings (SSSR count). The zero-order valence-corrected chi connectivity index (χ0v) is 18.4. The molecule has 4 atom stereocenters. The van der Waals surface area contributed by atoms with E-state index in [2.05, 4.69) is 9.80 Å². The first kappa shape index (κ1) is 21.0. The molecule has 0 aromatic carbocycles. The van der Waals surface area contributed by atoms with E-state index >= 15 is 0 Å². The molecule has 0 aliphatic carbocycles. The monoisotopic (exact) mass is 429 g/mol. The number of piperidine rings is 3. The lowest BCUT2D eigenvalue weighted by Crippen LogP contribution is -2.65. The SMILES string of the molecule is O=C(CCC[C@@H]1[C@H]2CCCN3CCC[C@@H](CN1C(=O)c1ccco1)[C@@H]23)N1CCOCC1. The summed E-state index contributed by atoms with van der Waals surface area (Å²) in [5, 5.41) is 0. The van der Waals surface area contributed by atoms with E-state index in [0.717, 1.165) is 19.4 Å². The molecule has 0 bridgehead atoms. The molecule has 0 radical (unpaired) electrons. The summed E-state index contributed by atoms with van der Waals surface area (Å²) in [4.78, 5) is 32.8. The van der Waals surface area contributed by atoms with Crippen LogP contribution >= 0.6 is 0 Å². The van der Waals surface area contributed by atoms with Crippen LogP contribution in [0.15, 0.2) is 22.8 Å². The normalized spacial score (nSPS) is 31.4. The molecule has 0 saturated carbocycles. The maximum Gasteiger partial charge on any atom is 0.289 e.